The molecule has 3 aromatic carbocycles. The molecular formula is C24H21ClN2O3. The molecule has 0 unspecified atom stereocenters. The van der Waals surface area contributed by atoms with Crippen molar-refractivity contribution in [3.8, 4) is 17.2 Å². The predicted octanol–water partition coefficient (Wildman–Crippen LogP) is 6.09. The number of carbonyl (C=O) groups excluding carboxylic acids is 1. The minimum absolute atomic E-state index is 0.0744. The average Bonchev–Trinajstić information content (AvgIpc) is 3.12. The zero-order valence-electron chi connectivity index (χ0n) is 17.0. The van der Waals surface area contributed by atoms with Gasteiger partial charge in [-0.3, -0.25) is 4.79 Å². The number of halogens is 1. The number of benzene rings is 3. The van der Waals surface area contributed by atoms with Crippen LogP contribution in [0.5, 0.6) is 5.75 Å². The number of fused-ring (bicyclic) bond motifs is 1. The van der Waals surface area contributed by atoms with Crippen LogP contribution in [-0.2, 0) is 4.79 Å². The van der Waals surface area contributed by atoms with Gasteiger partial charge in [0.15, 0.2) is 12.2 Å². The molecule has 4 rings (SSSR count). The van der Waals surface area contributed by atoms with Gasteiger partial charge in [0.25, 0.3) is 5.91 Å². The molecule has 4 aromatic rings. The normalized spacial score (nSPS) is 10.9. The molecule has 0 atom stereocenters. The third-order valence-corrected chi connectivity index (χ3v) is 5.03. The van der Waals surface area contributed by atoms with E-state index >= 15 is 0 Å². The van der Waals surface area contributed by atoms with Crippen molar-refractivity contribution in [2.75, 3.05) is 11.9 Å². The highest BCUT2D eigenvalue weighted by atomic mass is 35.5. The van der Waals surface area contributed by atoms with Crippen molar-refractivity contribution in [1.82, 2.24) is 4.98 Å². The molecule has 152 valence electrons. The minimum Gasteiger partial charge on any atom is -0.483 e. The average molecular weight is 421 g/mol. The van der Waals surface area contributed by atoms with E-state index in [1.54, 1.807) is 18.2 Å². The van der Waals surface area contributed by atoms with E-state index in [-0.39, 0.29) is 12.5 Å². The van der Waals surface area contributed by atoms with Gasteiger partial charge in [-0.15, -0.1) is 0 Å². The summed E-state index contributed by atoms with van der Waals surface area (Å²) in [6.45, 7) is 5.83. The highest BCUT2D eigenvalue weighted by molar-refractivity contribution is 6.31. The lowest BCUT2D eigenvalue weighted by Gasteiger charge is -2.12. The van der Waals surface area contributed by atoms with Crippen LogP contribution in [0.3, 0.4) is 0 Å². The standard InChI is InChI=1S/C24H21ClN2O3/c1-14-4-8-21(16(3)10-14)29-13-23(28)26-19-11-17(6-5-15(19)2)24-27-20-12-18(25)7-9-22(20)30-24/h4-12H,13H2,1-3H3,(H,26,28). The van der Waals surface area contributed by atoms with Crippen LogP contribution in [0.2, 0.25) is 5.02 Å². The van der Waals surface area contributed by atoms with E-state index in [0.717, 1.165) is 22.3 Å². The van der Waals surface area contributed by atoms with Gasteiger partial charge in [-0.05, 0) is 68.3 Å². The largest absolute Gasteiger partial charge is 0.483 e. The Hall–Kier alpha value is -3.31. The molecule has 0 aliphatic carbocycles. The number of nitrogens with zero attached hydrogens (tertiary/aromatic N) is 1. The van der Waals surface area contributed by atoms with Gasteiger partial charge in [-0.1, -0.05) is 35.4 Å². The summed E-state index contributed by atoms with van der Waals surface area (Å²) in [6, 6.07) is 16.8. The Morgan fingerprint density at radius 1 is 1.03 bits per heavy atom. The SMILES string of the molecule is Cc1ccc(OCC(=O)Nc2cc(-c3nc4cc(Cl)ccc4o3)ccc2C)c(C)c1. The van der Waals surface area contributed by atoms with E-state index in [9.17, 15) is 4.79 Å². The third kappa shape index (κ3) is 4.31. The van der Waals surface area contributed by atoms with Crippen molar-refractivity contribution in [3.63, 3.8) is 0 Å². The first-order chi connectivity index (χ1) is 14.4. The highest BCUT2D eigenvalue weighted by Gasteiger charge is 2.12. The van der Waals surface area contributed by atoms with E-state index < -0.39 is 0 Å². The smallest absolute Gasteiger partial charge is 0.262 e. The second-order valence-corrected chi connectivity index (χ2v) is 7.70. The quantitative estimate of drug-likeness (QED) is 0.424. The van der Waals surface area contributed by atoms with Crippen LogP contribution < -0.4 is 10.1 Å². The fourth-order valence-corrected chi connectivity index (χ4v) is 3.37. The third-order valence-electron chi connectivity index (χ3n) is 4.80. The summed E-state index contributed by atoms with van der Waals surface area (Å²) in [5, 5.41) is 3.51. The number of aryl methyl sites for hydroxylation is 3. The molecule has 0 spiro atoms. The summed E-state index contributed by atoms with van der Waals surface area (Å²) in [7, 11) is 0. The summed E-state index contributed by atoms with van der Waals surface area (Å²) in [5.74, 6) is 0.931. The maximum atomic E-state index is 12.5. The lowest BCUT2D eigenvalue weighted by atomic mass is 10.1. The Kier molecular flexibility index (Phi) is 5.46. The molecule has 1 N–H and O–H groups in total. The van der Waals surface area contributed by atoms with Crippen molar-refractivity contribution in [2.45, 2.75) is 20.8 Å². The van der Waals surface area contributed by atoms with E-state index in [2.05, 4.69) is 10.3 Å². The zero-order valence-corrected chi connectivity index (χ0v) is 17.7. The first-order valence-corrected chi connectivity index (χ1v) is 9.94. The summed E-state index contributed by atoms with van der Waals surface area (Å²) in [4.78, 5) is 17.0. The number of aromatic nitrogens is 1. The Morgan fingerprint density at radius 2 is 1.87 bits per heavy atom. The van der Waals surface area contributed by atoms with Gasteiger partial charge in [0, 0.05) is 16.3 Å². The predicted molar refractivity (Wildman–Crippen MR) is 119 cm³/mol. The maximum Gasteiger partial charge on any atom is 0.262 e. The summed E-state index contributed by atoms with van der Waals surface area (Å²) in [6.07, 6.45) is 0. The molecule has 30 heavy (non-hydrogen) atoms. The molecule has 0 fully saturated rings. The molecule has 1 aromatic heterocycles. The van der Waals surface area contributed by atoms with Gasteiger partial charge >= 0.3 is 0 Å². The highest BCUT2D eigenvalue weighted by Crippen LogP contribution is 2.29. The van der Waals surface area contributed by atoms with E-state index in [4.69, 9.17) is 20.8 Å². The first-order valence-electron chi connectivity index (χ1n) is 9.56. The van der Waals surface area contributed by atoms with E-state index in [1.165, 1.54) is 0 Å². The van der Waals surface area contributed by atoms with Gasteiger partial charge in [0.05, 0.1) is 0 Å². The second kappa shape index (κ2) is 8.20. The van der Waals surface area contributed by atoms with Crippen LogP contribution in [-0.4, -0.2) is 17.5 Å². The number of nitrogens with one attached hydrogen (secondary N) is 1. The Balaban J connectivity index is 1.50. The number of amides is 1. The summed E-state index contributed by atoms with van der Waals surface area (Å²) >= 11 is 6.03. The van der Waals surface area contributed by atoms with Crippen molar-refractivity contribution >= 4 is 34.3 Å². The maximum absolute atomic E-state index is 12.5. The zero-order chi connectivity index (χ0) is 21.3. The molecule has 0 saturated heterocycles. The molecule has 0 aliphatic rings. The molecule has 5 nitrogen and oxygen atoms in total. The second-order valence-electron chi connectivity index (χ2n) is 7.27. The number of hydrogen-bond donors (Lipinski definition) is 1. The van der Waals surface area contributed by atoms with Crippen molar-refractivity contribution in [2.24, 2.45) is 0 Å². The number of anilines is 1. The fraction of sp³-hybridized carbons (Fsp3) is 0.167. The van der Waals surface area contributed by atoms with Crippen LogP contribution in [0.4, 0.5) is 5.69 Å². The van der Waals surface area contributed by atoms with Crippen LogP contribution in [0.1, 0.15) is 16.7 Å². The molecule has 0 aliphatic heterocycles. The van der Waals surface area contributed by atoms with Crippen LogP contribution in [0.15, 0.2) is 59.0 Å². The van der Waals surface area contributed by atoms with Crippen molar-refractivity contribution < 1.29 is 13.9 Å². The Labute approximate surface area is 179 Å². The lowest BCUT2D eigenvalue weighted by molar-refractivity contribution is -0.118. The number of hydrogen-bond acceptors (Lipinski definition) is 4. The number of ether oxygens (including phenoxy) is 1. The number of carbonyl (C=O) groups is 1. The molecule has 0 bridgehead atoms. The van der Waals surface area contributed by atoms with E-state index in [0.29, 0.717) is 33.4 Å². The molecule has 0 radical (unpaired) electrons. The van der Waals surface area contributed by atoms with Gasteiger partial charge in [0.1, 0.15) is 11.3 Å². The Bertz CT molecular complexity index is 1250. The van der Waals surface area contributed by atoms with Crippen LogP contribution >= 0.6 is 11.6 Å². The topological polar surface area (TPSA) is 64.4 Å². The molecule has 1 amide bonds. The first kappa shape index (κ1) is 20.0. The monoisotopic (exact) mass is 420 g/mol. The van der Waals surface area contributed by atoms with Gasteiger partial charge in [-0.2, -0.15) is 0 Å². The number of oxazole rings is 1. The lowest BCUT2D eigenvalue weighted by Crippen LogP contribution is -2.21. The molecule has 1 heterocycles. The Morgan fingerprint density at radius 3 is 2.67 bits per heavy atom. The van der Waals surface area contributed by atoms with Crippen LogP contribution in [0, 0.1) is 20.8 Å². The van der Waals surface area contributed by atoms with Gasteiger partial charge in [0.2, 0.25) is 5.89 Å². The summed E-state index contributed by atoms with van der Waals surface area (Å²) in [5.41, 5.74) is 5.86. The van der Waals surface area contributed by atoms with Crippen LogP contribution in [0.25, 0.3) is 22.6 Å². The minimum atomic E-state index is -0.237. The van der Waals surface area contributed by atoms with Crippen molar-refractivity contribution in [3.05, 3.63) is 76.3 Å². The summed E-state index contributed by atoms with van der Waals surface area (Å²) < 4.78 is 11.5. The molecular weight excluding hydrogens is 400 g/mol. The van der Waals surface area contributed by atoms with Gasteiger partial charge in [-0.25, -0.2) is 4.98 Å². The molecule has 6 heteroatoms. The molecule has 0 saturated carbocycles. The number of rotatable bonds is 5. The van der Waals surface area contributed by atoms with Gasteiger partial charge < -0.3 is 14.5 Å². The van der Waals surface area contributed by atoms with E-state index in [1.807, 2.05) is 57.2 Å². The van der Waals surface area contributed by atoms with Crippen molar-refractivity contribution in [1.29, 1.82) is 0 Å². The fourth-order valence-electron chi connectivity index (χ4n) is 3.20.